The molecule has 17 heteroatoms. The molecular weight excluding hydrogens is 552 g/mol. The molecule has 2 aromatic heterocycles. The third-order valence-electron chi connectivity index (χ3n) is 6.37. The topological polar surface area (TPSA) is 133 Å². The molecule has 1 unspecified atom stereocenters. The fourth-order valence-electron chi connectivity index (χ4n) is 4.56. The molecule has 2 aromatic rings. The number of ether oxygens (including phenoxy) is 1. The van der Waals surface area contributed by atoms with E-state index in [1.807, 2.05) is 0 Å². The summed E-state index contributed by atoms with van der Waals surface area (Å²) in [4.78, 5) is 43.9. The van der Waals surface area contributed by atoms with Gasteiger partial charge in [0.2, 0.25) is 11.8 Å². The molecule has 3 N–H and O–H groups in total. The maximum Gasteiger partial charge on any atom is 0.423 e. The second-order valence-corrected chi connectivity index (χ2v) is 9.39. The number of rotatable bonds is 7. The van der Waals surface area contributed by atoms with Crippen LogP contribution in [0.2, 0.25) is 0 Å². The van der Waals surface area contributed by atoms with Crippen LogP contribution in [0.25, 0.3) is 0 Å². The molecule has 1 fully saturated rings. The summed E-state index contributed by atoms with van der Waals surface area (Å²) in [5.74, 6) is -0.591. The average molecular weight is 577 g/mol. The summed E-state index contributed by atoms with van der Waals surface area (Å²) in [6.45, 7) is 2.03. The second kappa shape index (κ2) is 11.3. The number of hydrogen-bond acceptors (Lipinski definition) is 8. The van der Waals surface area contributed by atoms with E-state index in [0.717, 1.165) is 12.3 Å². The number of halogens is 6. The van der Waals surface area contributed by atoms with Gasteiger partial charge in [0.1, 0.15) is 5.56 Å². The van der Waals surface area contributed by atoms with Gasteiger partial charge in [0.25, 0.3) is 5.56 Å². The zero-order valence-corrected chi connectivity index (χ0v) is 21.0. The van der Waals surface area contributed by atoms with Gasteiger partial charge < -0.3 is 25.2 Å². The minimum absolute atomic E-state index is 0.0411. The largest absolute Gasteiger partial charge is 0.423 e. The number of piperazine rings is 1. The number of anilines is 3. The Morgan fingerprint density at radius 1 is 1.18 bits per heavy atom. The number of pyridine rings is 1. The van der Waals surface area contributed by atoms with Gasteiger partial charge in [-0.3, -0.25) is 14.4 Å². The van der Waals surface area contributed by atoms with Crippen molar-refractivity contribution in [3.63, 3.8) is 0 Å². The van der Waals surface area contributed by atoms with Gasteiger partial charge in [-0.2, -0.15) is 31.4 Å². The number of H-pyrrole nitrogens is 1. The molecule has 2 amide bonds. The van der Waals surface area contributed by atoms with Crippen LogP contribution in [-0.4, -0.2) is 76.8 Å². The van der Waals surface area contributed by atoms with Crippen LogP contribution in [0.1, 0.15) is 30.9 Å². The van der Waals surface area contributed by atoms with Gasteiger partial charge in [-0.15, -0.1) is 0 Å². The molecular formula is C23H25F6N7O4. The molecule has 0 aliphatic carbocycles. The lowest BCUT2D eigenvalue weighted by molar-refractivity contribution is -0.138. The van der Waals surface area contributed by atoms with Gasteiger partial charge in [0.05, 0.1) is 48.8 Å². The van der Waals surface area contributed by atoms with Crippen molar-refractivity contribution in [3.05, 3.63) is 39.9 Å². The lowest BCUT2D eigenvalue weighted by atomic mass is 10.1. The Hall–Kier alpha value is -3.89. The smallest absolute Gasteiger partial charge is 0.379 e. The zero-order chi connectivity index (χ0) is 29.2. The molecule has 0 spiro atoms. The molecule has 2 aliphatic rings. The SMILES string of the molecule is CC(COCCC(=O)N1CCN2c3ncc(C(F)(F)F)cc3NC(=O)C[C@@H]2C1)Nc1cn[nH]c(=O)c1C(F)(F)F. The number of hydrogen-bond donors (Lipinski definition) is 3. The van der Waals surface area contributed by atoms with Crippen LogP contribution in [0.5, 0.6) is 0 Å². The summed E-state index contributed by atoms with van der Waals surface area (Å²) >= 11 is 0. The van der Waals surface area contributed by atoms with E-state index in [2.05, 4.69) is 20.7 Å². The predicted octanol–water partition coefficient (Wildman–Crippen LogP) is 2.47. The highest BCUT2D eigenvalue weighted by Gasteiger charge is 2.39. The van der Waals surface area contributed by atoms with Crippen LogP contribution in [0, 0.1) is 0 Å². The van der Waals surface area contributed by atoms with E-state index >= 15 is 0 Å². The Labute approximate surface area is 222 Å². The van der Waals surface area contributed by atoms with Gasteiger partial charge in [0, 0.05) is 38.3 Å². The number of alkyl halides is 6. The van der Waals surface area contributed by atoms with Gasteiger partial charge in [-0.1, -0.05) is 0 Å². The van der Waals surface area contributed by atoms with Crippen LogP contribution < -0.4 is 21.1 Å². The van der Waals surface area contributed by atoms with Crippen LogP contribution >= 0.6 is 0 Å². The summed E-state index contributed by atoms with van der Waals surface area (Å²) in [6.07, 6.45) is -8.06. The number of amides is 2. The molecule has 0 radical (unpaired) electrons. The quantitative estimate of drug-likeness (QED) is 0.338. The standard InChI is InChI=1S/C23H25F6N7O4/c1-12(32-16-9-31-34-21(39)19(16)23(27,28)29)11-40-5-2-18(38)35-3-4-36-14(10-35)7-17(37)33-15-6-13(22(24,25)26)8-30-20(15)36/h6,8-9,12,14H,2-5,7,10-11H2,1H3,(H,33,37)(H2,32,34,39)/t12?,14-/m1/s1. The normalized spacial score (nSPS) is 18.4. The van der Waals surface area contributed by atoms with Crippen LogP contribution in [0.15, 0.2) is 23.3 Å². The number of aromatic nitrogens is 3. The van der Waals surface area contributed by atoms with Crippen molar-refractivity contribution in [3.8, 4) is 0 Å². The van der Waals surface area contributed by atoms with E-state index in [1.165, 1.54) is 11.8 Å². The second-order valence-electron chi connectivity index (χ2n) is 9.39. The van der Waals surface area contributed by atoms with Crippen molar-refractivity contribution in [1.82, 2.24) is 20.1 Å². The molecule has 1 saturated heterocycles. The van der Waals surface area contributed by atoms with Crippen molar-refractivity contribution < 1.29 is 40.7 Å². The van der Waals surface area contributed by atoms with Crippen LogP contribution in [0.3, 0.4) is 0 Å². The van der Waals surface area contributed by atoms with Crippen molar-refractivity contribution >= 4 is 29.0 Å². The number of aromatic amines is 1. The van der Waals surface area contributed by atoms with Gasteiger partial charge in [-0.25, -0.2) is 10.1 Å². The van der Waals surface area contributed by atoms with E-state index in [4.69, 9.17) is 4.74 Å². The van der Waals surface area contributed by atoms with Crippen molar-refractivity contribution in [2.24, 2.45) is 0 Å². The maximum absolute atomic E-state index is 13.2. The van der Waals surface area contributed by atoms with Crippen LogP contribution in [-0.2, 0) is 26.7 Å². The zero-order valence-electron chi connectivity index (χ0n) is 21.0. The summed E-state index contributed by atoms with van der Waals surface area (Å²) in [6, 6.07) is -0.319. The summed E-state index contributed by atoms with van der Waals surface area (Å²) < 4.78 is 84.3. The minimum atomic E-state index is -4.89. The lowest BCUT2D eigenvalue weighted by Gasteiger charge is -2.41. The minimum Gasteiger partial charge on any atom is -0.379 e. The highest BCUT2D eigenvalue weighted by Crippen LogP contribution is 2.37. The maximum atomic E-state index is 13.2. The summed E-state index contributed by atoms with van der Waals surface area (Å²) in [5.41, 5.74) is -4.32. The van der Waals surface area contributed by atoms with Gasteiger partial charge in [0.15, 0.2) is 5.82 Å². The molecule has 4 heterocycles. The fraction of sp³-hybridized carbons (Fsp3) is 0.522. The fourth-order valence-corrected chi connectivity index (χ4v) is 4.56. The van der Waals surface area contributed by atoms with E-state index < -0.39 is 52.7 Å². The average Bonchev–Trinajstić information content (AvgIpc) is 2.99. The van der Waals surface area contributed by atoms with Crippen LogP contribution in [0.4, 0.5) is 43.5 Å². The Morgan fingerprint density at radius 2 is 1.93 bits per heavy atom. The molecule has 4 rings (SSSR count). The Bertz CT molecular complexity index is 1320. The number of nitrogens with zero attached hydrogens (tertiary/aromatic N) is 4. The third-order valence-corrected chi connectivity index (χ3v) is 6.37. The van der Waals surface area contributed by atoms with Gasteiger partial charge in [-0.05, 0) is 13.0 Å². The van der Waals surface area contributed by atoms with E-state index in [9.17, 15) is 40.7 Å². The first-order valence-corrected chi connectivity index (χ1v) is 12.1. The number of carbonyl (C=O) groups excluding carboxylic acids is 2. The van der Waals surface area contributed by atoms with Crippen molar-refractivity contribution in [2.45, 2.75) is 44.2 Å². The first-order chi connectivity index (χ1) is 18.7. The molecule has 218 valence electrons. The highest BCUT2D eigenvalue weighted by molar-refractivity contribution is 5.96. The van der Waals surface area contributed by atoms with E-state index in [1.54, 1.807) is 10.00 Å². The van der Waals surface area contributed by atoms with E-state index in [0.29, 0.717) is 6.20 Å². The summed E-state index contributed by atoms with van der Waals surface area (Å²) in [7, 11) is 0. The first kappa shape index (κ1) is 29.1. The van der Waals surface area contributed by atoms with Crippen molar-refractivity contribution in [1.29, 1.82) is 0 Å². The number of carbonyl (C=O) groups is 2. The molecule has 0 aromatic carbocycles. The highest BCUT2D eigenvalue weighted by atomic mass is 19.4. The molecule has 11 nitrogen and oxygen atoms in total. The monoisotopic (exact) mass is 577 g/mol. The Morgan fingerprint density at radius 3 is 2.62 bits per heavy atom. The Balaban J connectivity index is 1.29. The third kappa shape index (κ3) is 6.63. The Kier molecular flexibility index (Phi) is 8.23. The van der Waals surface area contributed by atoms with E-state index in [-0.39, 0.29) is 63.1 Å². The molecule has 2 atom stereocenters. The van der Waals surface area contributed by atoms with Gasteiger partial charge >= 0.3 is 12.4 Å². The number of fused-ring (bicyclic) bond motifs is 3. The molecule has 0 saturated carbocycles. The number of nitrogens with one attached hydrogen (secondary N) is 3. The first-order valence-electron chi connectivity index (χ1n) is 12.1. The predicted molar refractivity (Wildman–Crippen MR) is 129 cm³/mol. The van der Waals surface area contributed by atoms with Crippen molar-refractivity contribution in [2.75, 3.05) is 48.4 Å². The lowest BCUT2D eigenvalue weighted by Crippen LogP contribution is -2.55. The molecule has 0 bridgehead atoms. The molecule has 40 heavy (non-hydrogen) atoms. The molecule has 2 aliphatic heterocycles. The summed E-state index contributed by atoms with van der Waals surface area (Å²) in [5, 5.41) is 10.1.